The molecule has 3 aromatic rings. The van der Waals surface area contributed by atoms with Crippen molar-refractivity contribution >= 4 is 34.7 Å². The molecule has 0 unspecified atom stereocenters. The van der Waals surface area contributed by atoms with Crippen LogP contribution in [-0.2, 0) is 6.54 Å². The molecule has 25 heavy (non-hydrogen) atoms. The molecule has 0 atom stereocenters. The van der Waals surface area contributed by atoms with Gasteiger partial charge in [-0.05, 0) is 35.9 Å². The Morgan fingerprint density at radius 3 is 2.64 bits per heavy atom. The van der Waals surface area contributed by atoms with Crippen LogP contribution in [0.2, 0.25) is 5.02 Å². The van der Waals surface area contributed by atoms with E-state index in [0.717, 1.165) is 21.8 Å². The van der Waals surface area contributed by atoms with Crippen LogP contribution >= 0.6 is 22.9 Å². The summed E-state index contributed by atoms with van der Waals surface area (Å²) in [6.07, 6.45) is 1.75. The van der Waals surface area contributed by atoms with Crippen LogP contribution in [0.15, 0.2) is 54.7 Å². The molecule has 128 valence electrons. The molecule has 6 heteroatoms. The van der Waals surface area contributed by atoms with Crippen molar-refractivity contribution in [1.82, 2.24) is 10.3 Å². The average molecular weight is 372 g/mol. The molecule has 0 aliphatic heterocycles. The topological polar surface area (TPSA) is 45.2 Å². The summed E-state index contributed by atoms with van der Waals surface area (Å²) in [6, 6.07) is 15.2. The number of benzene rings is 1. The molecule has 2 aromatic heterocycles. The van der Waals surface area contributed by atoms with E-state index in [9.17, 15) is 4.79 Å². The maximum absolute atomic E-state index is 12.4. The van der Waals surface area contributed by atoms with Gasteiger partial charge in [-0.1, -0.05) is 29.8 Å². The van der Waals surface area contributed by atoms with Gasteiger partial charge in [-0.15, -0.1) is 11.3 Å². The molecule has 1 amide bonds. The van der Waals surface area contributed by atoms with Gasteiger partial charge in [0.05, 0.1) is 4.88 Å². The minimum atomic E-state index is -0.0845. The zero-order chi connectivity index (χ0) is 17.8. The minimum Gasteiger partial charge on any atom is -0.362 e. The second-order valence-corrected chi connectivity index (χ2v) is 7.25. The van der Waals surface area contributed by atoms with Crippen LogP contribution in [0.3, 0.4) is 0 Å². The summed E-state index contributed by atoms with van der Waals surface area (Å²) < 4.78 is 0. The average Bonchev–Trinajstić information content (AvgIpc) is 3.10. The summed E-state index contributed by atoms with van der Waals surface area (Å²) in [6.45, 7) is 0.439. The fourth-order valence-electron chi connectivity index (χ4n) is 2.46. The van der Waals surface area contributed by atoms with Crippen molar-refractivity contribution in [3.8, 4) is 10.4 Å². The third-order valence-electron chi connectivity index (χ3n) is 3.69. The van der Waals surface area contributed by atoms with Crippen molar-refractivity contribution in [3.63, 3.8) is 0 Å². The Kier molecular flexibility index (Phi) is 5.36. The first-order valence-electron chi connectivity index (χ1n) is 7.80. The molecule has 1 N–H and O–H groups in total. The van der Waals surface area contributed by atoms with E-state index < -0.39 is 0 Å². The Bertz CT molecular complexity index is 874. The zero-order valence-corrected chi connectivity index (χ0v) is 15.6. The number of carbonyl (C=O) groups excluding carboxylic acids is 1. The minimum absolute atomic E-state index is 0.0845. The summed E-state index contributed by atoms with van der Waals surface area (Å²) in [4.78, 5) is 20.4. The molecular formula is C19H18ClN3OS. The van der Waals surface area contributed by atoms with E-state index >= 15 is 0 Å². The fourth-order valence-corrected chi connectivity index (χ4v) is 3.52. The first kappa shape index (κ1) is 17.5. The van der Waals surface area contributed by atoms with E-state index in [1.54, 1.807) is 6.20 Å². The molecule has 0 aliphatic rings. The summed E-state index contributed by atoms with van der Waals surface area (Å²) in [7, 11) is 3.87. The SMILES string of the molecule is CN(C)c1ncccc1CNC(=O)c1ccc(-c2ccc(Cl)cc2)s1. The maximum atomic E-state index is 12.4. The van der Waals surface area contributed by atoms with Gasteiger partial charge in [-0.2, -0.15) is 0 Å². The number of nitrogens with zero attached hydrogens (tertiary/aromatic N) is 2. The summed E-state index contributed by atoms with van der Waals surface area (Å²) in [5.74, 6) is 0.773. The Balaban J connectivity index is 1.69. The number of thiophene rings is 1. The van der Waals surface area contributed by atoms with Crippen LogP contribution in [-0.4, -0.2) is 25.0 Å². The smallest absolute Gasteiger partial charge is 0.261 e. The highest BCUT2D eigenvalue weighted by Crippen LogP contribution is 2.29. The highest BCUT2D eigenvalue weighted by Gasteiger charge is 2.12. The zero-order valence-electron chi connectivity index (χ0n) is 14.0. The predicted molar refractivity (Wildman–Crippen MR) is 104 cm³/mol. The lowest BCUT2D eigenvalue weighted by molar-refractivity contribution is 0.0955. The number of halogens is 1. The van der Waals surface area contributed by atoms with Crippen LogP contribution in [0.5, 0.6) is 0 Å². The van der Waals surface area contributed by atoms with Crippen molar-refractivity contribution in [2.24, 2.45) is 0 Å². The molecule has 0 saturated heterocycles. The number of aromatic nitrogens is 1. The lowest BCUT2D eigenvalue weighted by Crippen LogP contribution is -2.23. The first-order chi connectivity index (χ1) is 12.0. The number of hydrogen-bond acceptors (Lipinski definition) is 4. The number of anilines is 1. The standard InChI is InChI=1S/C19H18ClN3OS/c1-23(2)18-14(4-3-11-21-18)12-22-19(24)17-10-9-16(25-17)13-5-7-15(20)8-6-13/h3-11H,12H2,1-2H3,(H,22,24). The third kappa shape index (κ3) is 4.18. The molecule has 1 aromatic carbocycles. The number of rotatable bonds is 5. The highest BCUT2D eigenvalue weighted by atomic mass is 35.5. The van der Waals surface area contributed by atoms with Crippen molar-refractivity contribution in [2.45, 2.75) is 6.54 Å². The number of pyridine rings is 1. The monoisotopic (exact) mass is 371 g/mol. The second-order valence-electron chi connectivity index (χ2n) is 5.73. The Labute approximate surface area is 156 Å². The predicted octanol–water partition coefficient (Wildman–Crippen LogP) is 4.46. The van der Waals surface area contributed by atoms with Crippen molar-refractivity contribution in [2.75, 3.05) is 19.0 Å². The number of amides is 1. The van der Waals surface area contributed by atoms with Gasteiger partial charge >= 0.3 is 0 Å². The van der Waals surface area contributed by atoms with Crippen molar-refractivity contribution in [3.05, 3.63) is 70.2 Å². The van der Waals surface area contributed by atoms with Crippen LogP contribution in [0.1, 0.15) is 15.2 Å². The number of carbonyl (C=O) groups is 1. The first-order valence-corrected chi connectivity index (χ1v) is 8.99. The molecule has 0 saturated carbocycles. The van der Waals surface area contributed by atoms with Crippen LogP contribution < -0.4 is 10.2 Å². The highest BCUT2D eigenvalue weighted by molar-refractivity contribution is 7.17. The van der Waals surface area contributed by atoms with Crippen LogP contribution in [0.4, 0.5) is 5.82 Å². The van der Waals surface area contributed by atoms with Gasteiger partial charge < -0.3 is 10.2 Å². The summed E-state index contributed by atoms with van der Waals surface area (Å²) >= 11 is 7.38. The number of nitrogens with one attached hydrogen (secondary N) is 1. The summed E-state index contributed by atoms with van der Waals surface area (Å²) in [5.41, 5.74) is 2.03. The van der Waals surface area contributed by atoms with Gasteiger partial charge in [0.1, 0.15) is 5.82 Å². The van der Waals surface area contributed by atoms with Gasteiger partial charge in [-0.25, -0.2) is 4.98 Å². The number of hydrogen-bond donors (Lipinski definition) is 1. The molecule has 0 bridgehead atoms. The van der Waals surface area contributed by atoms with E-state index in [1.165, 1.54) is 11.3 Å². The summed E-state index contributed by atoms with van der Waals surface area (Å²) in [5, 5.41) is 3.67. The van der Waals surface area contributed by atoms with E-state index in [-0.39, 0.29) is 5.91 Å². The normalized spacial score (nSPS) is 10.5. The second kappa shape index (κ2) is 7.68. The molecule has 0 spiro atoms. The molecule has 3 rings (SSSR count). The van der Waals surface area contributed by atoms with Gasteiger partial charge in [-0.3, -0.25) is 4.79 Å². The van der Waals surface area contributed by atoms with Crippen molar-refractivity contribution < 1.29 is 4.79 Å². The Morgan fingerprint density at radius 2 is 1.92 bits per heavy atom. The molecule has 4 nitrogen and oxygen atoms in total. The lowest BCUT2D eigenvalue weighted by atomic mass is 10.2. The molecule has 0 fully saturated rings. The van der Waals surface area contributed by atoms with Crippen LogP contribution in [0.25, 0.3) is 10.4 Å². The quantitative estimate of drug-likeness (QED) is 0.720. The largest absolute Gasteiger partial charge is 0.362 e. The maximum Gasteiger partial charge on any atom is 0.261 e. The van der Waals surface area contributed by atoms with Gasteiger partial charge in [0, 0.05) is 42.3 Å². The Morgan fingerprint density at radius 1 is 1.16 bits per heavy atom. The molecule has 0 aliphatic carbocycles. The van der Waals surface area contributed by atoms with E-state index in [1.807, 2.05) is 67.5 Å². The van der Waals surface area contributed by atoms with E-state index in [2.05, 4.69) is 10.3 Å². The van der Waals surface area contributed by atoms with E-state index in [4.69, 9.17) is 11.6 Å². The van der Waals surface area contributed by atoms with Crippen LogP contribution in [0, 0.1) is 0 Å². The Hall–Kier alpha value is -2.37. The third-order valence-corrected chi connectivity index (χ3v) is 5.07. The molecular weight excluding hydrogens is 354 g/mol. The molecule has 0 radical (unpaired) electrons. The fraction of sp³-hybridized carbons (Fsp3) is 0.158. The van der Waals surface area contributed by atoms with Gasteiger partial charge in [0.2, 0.25) is 0 Å². The molecule has 2 heterocycles. The van der Waals surface area contributed by atoms with Crippen molar-refractivity contribution in [1.29, 1.82) is 0 Å². The van der Waals surface area contributed by atoms with E-state index in [0.29, 0.717) is 16.4 Å². The van der Waals surface area contributed by atoms with Gasteiger partial charge in [0.25, 0.3) is 5.91 Å². The lowest BCUT2D eigenvalue weighted by Gasteiger charge is -2.15. The van der Waals surface area contributed by atoms with Gasteiger partial charge in [0.15, 0.2) is 0 Å².